The van der Waals surface area contributed by atoms with Crippen LogP contribution in [0, 0.1) is 11.3 Å². The van der Waals surface area contributed by atoms with Crippen LogP contribution in [0.25, 0.3) is 11.3 Å². The van der Waals surface area contributed by atoms with Gasteiger partial charge in [0.25, 0.3) is 0 Å². The molecule has 0 amide bonds. The van der Waals surface area contributed by atoms with Crippen molar-refractivity contribution in [2.24, 2.45) is 5.73 Å². The van der Waals surface area contributed by atoms with Crippen LogP contribution in [0.5, 0.6) is 5.75 Å². The van der Waals surface area contributed by atoms with E-state index in [1.165, 1.54) is 0 Å². The van der Waals surface area contributed by atoms with Crippen molar-refractivity contribution in [3.63, 3.8) is 0 Å². The lowest BCUT2D eigenvalue weighted by atomic mass is 10.0. The Morgan fingerprint density at radius 3 is 2.60 bits per heavy atom. The average Bonchev–Trinajstić information content (AvgIpc) is 2.50. The lowest BCUT2D eigenvalue weighted by Crippen LogP contribution is -2.04. The van der Waals surface area contributed by atoms with Crippen LogP contribution in [-0.4, -0.2) is 11.6 Å². The van der Waals surface area contributed by atoms with Gasteiger partial charge >= 0.3 is 0 Å². The van der Waals surface area contributed by atoms with Gasteiger partial charge in [-0.15, -0.1) is 0 Å². The van der Waals surface area contributed by atoms with Crippen molar-refractivity contribution in [3.8, 4) is 11.8 Å². The molecule has 100 valence electrons. The van der Waals surface area contributed by atoms with Gasteiger partial charge in [0.2, 0.25) is 0 Å². The molecular formula is C16H15N3O. The summed E-state index contributed by atoms with van der Waals surface area (Å²) < 4.78 is 5.55. The highest BCUT2D eigenvalue weighted by Gasteiger charge is 2.12. The van der Waals surface area contributed by atoms with Gasteiger partial charge in [-0.3, -0.25) is 4.98 Å². The van der Waals surface area contributed by atoms with Crippen LogP contribution < -0.4 is 10.5 Å². The summed E-state index contributed by atoms with van der Waals surface area (Å²) in [6.07, 6.45) is 3.27. The quantitative estimate of drug-likeness (QED) is 0.863. The highest BCUT2D eigenvalue weighted by molar-refractivity contribution is 5.97. The maximum absolute atomic E-state index is 9.38. The Morgan fingerprint density at radius 2 is 1.95 bits per heavy atom. The molecule has 0 aliphatic rings. The van der Waals surface area contributed by atoms with Gasteiger partial charge in [0, 0.05) is 18.0 Å². The van der Waals surface area contributed by atoms with Crippen molar-refractivity contribution in [2.45, 2.75) is 6.92 Å². The minimum atomic E-state index is 0.405. The first-order valence-corrected chi connectivity index (χ1v) is 6.30. The molecule has 2 rings (SSSR count). The second-order valence-electron chi connectivity index (χ2n) is 4.07. The van der Waals surface area contributed by atoms with E-state index in [4.69, 9.17) is 10.5 Å². The molecule has 0 fully saturated rings. The number of nitrogens with two attached hydrogens (primary N) is 1. The minimum absolute atomic E-state index is 0.405. The van der Waals surface area contributed by atoms with Gasteiger partial charge in [-0.2, -0.15) is 5.26 Å². The number of para-hydroxylation sites is 1. The van der Waals surface area contributed by atoms with Crippen LogP contribution in [0.1, 0.15) is 18.1 Å². The number of rotatable bonds is 4. The van der Waals surface area contributed by atoms with Gasteiger partial charge in [-0.1, -0.05) is 12.1 Å². The van der Waals surface area contributed by atoms with Gasteiger partial charge in [0.1, 0.15) is 11.8 Å². The molecule has 4 nitrogen and oxygen atoms in total. The molecule has 1 heterocycles. The van der Waals surface area contributed by atoms with Gasteiger partial charge in [0.15, 0.2) is 0 Å². The number of pyridine rings is 1. The number of hydrogen-bond donors (Lipinski definition) is 1. The van der Waals surface area contributed by atoms with Gasteiger partial charge < -0.3 is 10.5 Å². The van der Waals surface area contributed by atoms with E-state index >= 15 is 0 Å². The van der Waals surface area contributed by atoms with Crippen molar-refractivity contribution < 1.29 is 4.74 Å². The SMILES string of the molecule is CCOc1ccccc1/C(N)=C(/C#N)c1ccncc1. The Kier molecular flexibility index (Phi) is 4.35. The first-order chi connectivity index (χ1) is 9.77. The highest BCUT2D eigenvalue weighted by Crippen LogP contribution is 2.28. The molecule has 0 aliphatic heterocycles. The summed E-state index contributed by atoms with van der Waals surface area (Å²) in [5, 5.41) is 9.38. The first kappa shape index (κ1) is 13.6. The Bertz CT molecular complexity index is 657. The molecule has 2 N–H and O–H groups in total. The van der Waals surface area contributed by atoms with E-state index in [9.17, 15) is 5.26 Å². The molecule has 0 saturated carbocycles. The van der Waals surface area contributed by atoms with Gasteiger partial charge in [-0.25, -0.2) is 0 Å². The Labute approximate surface area is 118 Å². The molecule has 0 atom stereocenters. The molecule has 1 aromatic heterocycles. The average molecular weight is 265 g/mol. The van der Waals surface area contributed by atoms with E-state index in [1.54, 1.807) is 24.5 Å². The maximum atomic E-state index is 9.38. The molecule has 0 bridgehead atoms. The number of ether oxygens (including phenoxy) is 1. The third kappa shape index (κ3) is 2.78. The third-order valence-electron chi connectivity index (χ3n) is 2.83. The molecule has 20 heavy (non-hydrogen) atoms. The monoisotopic (exact) mass is 265 g/mol. The van der Waals surface area contributed by atoms with Crippen LogP contribution in [0.3, 0.4) is 0 Å². The number of allylic oxidation sites excluding steroid dienone is 1. The Morgan fingerprint density at radius 1 is 1.25 bits per heavy atom. The molecule has 0 saturated heterocycles. The third-order valence-corrected chi connectivity index (χ3v) is 2.83. The summed E-state index contributed by atoms with van der Waals surface area (Å²) in [6, 6.07) is 13.1. The van der Waals surface area contributed by atoms with Gasteiger partial charge in [-0.05, 0) is 36.8 Å². The molecule has 0 spiro atoms. The van der Waals surface area contributed by atoms with Crippen LogP contribution in [0.4, 0.5) is 0 Å². The molecule has 2 aromatic rings. The molecule has 1 aromatic carbocycles. The van der Waals surface area contributed by atoms with E-state index in [2.05, 4.69) is 11.1 Å². The van der Waals surface area contributed by atoms with Crippen molar-refractivity contribution >= 4 is 11.3 Å². The number of hydrogen-bond acceptors (Lipinski definition) is 4. The fourth-order valence-electron chi connectivity index (χ4n) is 1.90. The minimum Gasteiger partial charge on any atom is -0.493 e. The summed E-state index contributed by atoms with van der Waals surface area (Å²) in [6.45, 7) is 2.45. The summed E-state index contributed by atoms with van der Waals surface area (Å²) >= 11 is 0. The second-order valence-corrected chi connectivity index (χ2v) is 4.07. The van der Waals surface area contributed by atoms with E-state index in [-0.39, 0.29) is 0 Å². The summed E-state index contributed by atoms with van der Waals surface area (Å²) in [5.74, 6) is 0.675. The first-order valence-electron chi connectivity index (χ1n) is 6.30. The van der Waals surface area contributed by atoms with Crippen LogP contribution >= 0.6 is 0 Å². The lowest BCUT2D eigenvalue weighted by Gasteiger charge is -2.11. The Balaban J connectivity index is 2.55. The van der Waals surface area contributed by atoms with Crippen molar-refractivity contribution in [1.29, 1.82) is 5.26 Å². The highest BCUT2D eigenvalue weighted by atomic mass is 16.5. The molecule has 0 aliphatic carbocycles. The number of benzene rings is 1. The van der Waals surface area contributed by atoms with Crippen LogP contribution in [-0.2, 0) is 0 Å². The van der Waals surface area contributed by atoms with Crippen LogP contribution in [0.2, 0.25) is 0 Å². The van der Waals surface area contributed by atoms with E-state index in [0.717, 1.165) is 11.1 Å². The smallest absolute Gasteiger partial charge is 0.128 e. The Hall–Kier alpha value is -2.80. The van der Waals surface area contributed by atoms with Crippen molar-refractivity contribution in [2.75, 3.05) is 6.61 Å². The molecule has 4 heteroatoms. The topological polar surface area (TPSA) is 71.9 Å². The molecular weight excluding hydrogens is 250 g/mol. The lowest BCUT2D eigenvalue weighted by molar-refractivity contribution is 0.339. The maximum Gasteiger partial charge on any atom is 0.128 e. The number of nitriles is 1. The normalized spacial score (nSPS) is 11.4. The summed E-state index contributed by atoms with van der Waals surface area (Å²) in [4.78, 5) is 3.94. The molecule has 0 unspecified atom stereocenters. The fourth-order valence-corrected chi connectivity index (χ4v) is 1.90. The second kappa shape index (κ2) is 6.39. The molecule has 0 radical (unpaired) electrons. The van der Waals surface area contributed by atoms with Crippen molar-refractivity contribution in [3.05, 3.63) is 59.9 Å². The van der Waals surface area contributed by atoms with E-state index < -0.39 is 0 Å². The van der Waals surface area contributed by atoms with E-state index in [0.29, 0.717) is 23.6 Å². The predicted molar refractivity (Wildman–Crippen MR) is 78.5 cm³/mol. The standard InChI is InChI=1S/C16H15N3O/c1-2-20-15-6-4-3-5-13(15)16(18)14(11-17)12-7-9-19-10-8-12/h3-10H,2,18H2,1H3/b16-14+. The van der Waals surface area contributed by atoms with Crippen LogP contribution in [0.15, 0.2) is 48.8 Å². The summed E-state index contributed by atoms with van der Waals surface area (Å²) in [7, 11) is 0. The fraction of sp³-hybridized carbons (Fsp3) is 0.125. The van der Waals surface area contributed by atoms with Gasteiger partial charge in [0.05, 0.1) is 17.9 Å². The summed E-state index contributed by atoms with van der Waals surface area (Å²) in [5.41, 5.74) is 8.46. The number of nitrogens with zero attached hydrogens (tertiary/aromatic N) is 2. The number of aromatic nitrogens is 1. The zero-order valence-corrected chi connectivity index (χ0v) is 11.2. The predicted octanol–water partition coefficient (Wildman–Crippen LogP) is 2.83. The van der Waals surface area contributed by atoms with Crippen molar-refractivity contribution in [1.82, 2.24) is 4.98 Å². The zero-order valence-electron chi connectivity index (χ0n) is 11.2. The van der Waals surface area contributed by atoms with E-state index in [1.807, 2.05) is 31.2 Å². The zero-order chi connectivity index (χ0) is 14.4. The largest absolute Gasteiger partial charge is 0.493 e.